The Kier molecular flexibility index (Phi) is 11.2. The Bertz CT molecular complexity index is 1080. The molecule has 0 saturated carbocycles. The maximum atomic E-state index is 13.2. The number of aryl methyl sites for hydroxylation is 1. The van der Waals surface area contributed by atoms with Gasteiger partial charge < -0.3 is 20.1 Å². The minimum Gasteiger partial charge on any atom is -0.382 e. The molecular formula is C28H37N3O6. The first-order valence-electron chi connectivity index (χ1n) is 12.7. The number of carbonyl (C=O) groups is 4. The third-order valence-corrected chi connectivity index (χ3v) is 6.62. The summed E-state index contributed by atoms with van der Waals surface area (Å²) in [5.41, 5.74) is 1.06. The molecular weight excluding hydrogens is 474 g/mol. The van der Waals surface area contributed by atoms with E-state index in [0.29, 0.717) is 32.7 Å². The van der Waals surface area contributed by atoms with Crippen LogP contribution in [0.2, 0.25) is 0 Å². The van der Waals surface area contributed by atoms with Crippen molar-refractivity contribution in [2.24, 2.45) is 5.92 Å². The SMILES string of the molecule is CNC(=O)C[C@H](CC(=O)CN1CCOCC1)C(=O)N[C@@H](COC)C(=O)CCc1cccc2ccccc12. The van der Waals surface area contributed by atoms with Crippen LogP contribution in [0.3, 0.4) is 0 Å². The van der Waals surface area contributed by atoms with E-state index in [4.69, 9.17) is 9.47 Å². The van der Waals surface area contributed by atoms with Crippen molar-refractivity contribution < 1.29 is 28.7 Å². The molecule has 200 valence electrons. The van der Waals surface area contributed by atoms with Gasteiger partial charge in [0.25, 0.3) is 0 Å². The van der Waals surface area contributed by atoms with Gasteiger partial charge in [-0.1, -0.05) is 42.5 Å². The molecule has 1 heterocycles. The predicted octanol–water partition coefficient (Wildman–Crippen LogP) is 1.52. The molecule has 1 saturated heterocycles. The number of methoxy groups -OCH3 is 1. The maximum absolute atomic E-state index is 13.2. The monoisotopic (exact) mass is 511 g/mol. The van der Waals surface area contributed by atoms with E-state index < -0.39 is 17.9 Å². The first kappa shape index (κ1) is 28.4. The number of morpholine rings is 1. The second-order valence-corrected chi connectivity index (χ2v) is 9.33. The van der Waals surface area contributed by atoms with Gasteiger partial charge in [0.15, 0.2) is 5.78 Å². The molecule has 1 fully saturated rings. The lowest BCUT2D eigenvalue weighted by molar-refractivity contribution is -0.135. The summed E-state index contributed by atoms with van der Waals surface area (Å²) < 4.78 is 10.5. The number of benzene rings is 2. The average Bonchev–Trinajstić information content (AvgIpc) is 2.91. The molecule has 37 heavy (non-hydrogen) atoms. The lowest BCUT2D eigenvalue weighted by Crippen LogP contribution is -2.48. The van der Waals surface area contributed by atoms with Crippen molar-refractivity contribution in [1.82, 2.24) is 15.5 Å². The second kappa shape index (κ2) is 14.6. The molecule has 2 amide bonds. The number of ketones is 2. The molecule has 0 spiro atoms. The molecule has 9 nitrogen and oxygen atoms in total. The summed E-state index contributed by atoms with van der Waals surface area (Å²) in [6.45, 7) is 2.64. The highest BCUT2D eigenvalue weighted by atomic mass is 16.5. The molecule has 0 aliphatic carbocycles. The van der Waals surface area contributed by atoms with E-state index >= 15 is 0 Å². The van der Waals surface area contributed by atoms with Crippen molar-refractivity contribution in [2.75, 3.05) is 53.6 Å². The summed E-state index contributed by atoms with van der Waals surface area (Å²) in [5, 5.41) is 7.46. The van der Waals surface area contributed by atoms with E-state index in [1.54, 1.807) is 0 Å². The zero-order chi connectivity index (χ0) is 26.6. The lowest BCUT2D eigenvalue weighted by Gasteiger charge is -2.26. The highest BCUT2D eigenvalue weighted by Gasteiger charge is 2.29. The van der Waals surface area contributed by atoms with Gasteiger partial charge in [0, 0.05) is 46.5 Å². The van der Waals surface area contributed by atoms with E-state index in [1.807, 2.05) is 47.4 Å². The first-order valence-corrected chi connectivity index (χ1v) is 12.7. The molecule has 3 rings (SSSR count). The van der Waals surface area contributed by atoms with Gasteiger partial charge in [0.2, 0.25) is 11.8 Å². The molecule has 0 radical (unpaired) electrons. The minimum atomic E-state index is -0.876. The number of hydrogen-bond acceptors (Lipinski definition) is 7. The van der Waals surface area contributed by atoms with Crippen molar-refractivity contribution in [2.45, 2.75) is 31.7 Å². The summed E-state index contributed by atoms with van der Waals surface area (Å²) >= 11 is 0. The van der Waals surface area contributed by atoms with E-state index in [0.717, 1.165) is 16.3 Å². The quantitative estimate of drug-likeness (QED) is 0.395. The van der Waals surface area contributed by atoms with E-state index in [-0.39, 0.29) is 49.9 Å². The number of fused-ring (bicyclic) bond motifs is 1. The number of Topliss-reactive ketones (excluding diaryl/α,β-unsaturated/α-hetero) is 2. The fraction of sp³-hybridized carbons (Fsp3) is 0.500. The standard InChI is InChI=1S/C28H37N3O6/c1-29-27(34)17-22(16-23(32)18-31-12-14-37-15-13-31)28(35)30-25(19-36-2)26(33)11-10-21-8-5-7-20-6-3-4-9-24(20)21/h3-9,22,25H,10-19H2,1-2H3,(H,29,34)(H,30,35)/t22-,25-/m0/s1. The van der Waals surface area contributed by atoms with Crippen molar-refractivity contribution in [1.29, 1.82) is 0 Å². The summed E-state index contributed by atoms with van der Waals surface area (Å²) in [5.74, 6) is -2.01. The van der Waals surface area contributed by atoms with Gasteiger partial charge in [0.05, 0.1) is 32.3 Å². The van der Waals surface area contributed by atoms with Crippen molar-refractivity contribution in [3.05, 3.63) is 48.0 Å². The number of amides is 2. The zero-order valence-electron chi connectivity index (χ0n) is 21.7. The third kappa shape index (κ3) is 8.73. The maximum Gasteiger partial charge on any atom is 0.224 e. The van der Waals surface area contributed by atoms with Gasteiger partial charge in [-0.2, -0.15) is 0 Å². The molecule has 0 aromatic heterocycles. The molecule has 2 aromatic carbocycles. The Hall–Kier alpha value is -3.14. The number of rotatable bonds is 14. The van der Waals surface area contributed by atoms with Gasteiger partial charge in [-0.25, -0.2) is 0 Å². The van der Waals surface area contributed by atoms with Crippen LogP contribution in [0.1, 0.15) is 24.8 Å². The Morgan fingerprint density at radius 1 is 1.03 bits per heavy atom. The number of nitrogens with one attached hydrogen (secondary N) is 2. The van der Waals surface area contributed by atoms with Gasteiger partial charge >= 0.3 is 0 Å². The Balaban J connectivity index is 1.63. The lowest BCUT2D eigenvalue weighted by atomic mass is 9.95. The molecule has 2 aromatic rings. The largest absolute Gasteiger partial charge is 0.382 e. The molecule has 1 aliphatic rings. The number of carbonyl (C=O) groups excluding carboxylic acids is 4. The molecule has 9 heteroatoms. The van der Waals surface area contributed by atoms with E-state index in [2.05, 4.69) is 10.6 Å². The molecule has 2 atom stereocenters. The van der Waals surface area contributed by atoms with Gasteiger partial charge in [-0.15, -0.1) is 0 Å². The van der Waals surface area contributed by atoms with Crippen LogP contribution in [0.4, 0.5) is 0 Å². The van der Waals surface area contributed by atoms with Crippen LogP contribution < -0.4 is 10.6 Å². The zero-order valence-corrected chi connectivity index (χ0v) is 21.7. The van der Waals surface area contributed by atoms with Crippen LogP contribution in [-0.4, -0.2) is 87.9 Å². The summed E-state index contributed by atoms with van der Waals surface area (Å²) in [7, 11) is 2.95. The van der Waals surface area contributed by atoms with Crippen LogP contribution in [0, 0.1) is 5.92 Å². The van der Waals surface area contributed by atoms with Gasteiger partial charge in [-0.05, 0) is 22.8 Å². The summed E-state index contributed by atoms with van der Waals surface area (Å²) in [6.07, 6.45) is 0.524. The first-order chi connectivity index (χ1) is 17.9. The van der Waals surface area contributed by atoms with Gasteiger partial charge in [0.1, 0.15) is 11.8 Å². The predicted molar refractivity (Wildman–Crippen MR) is 140 cm³/mol. The van der Waals surface area contributed by atoms with Crippen molar-refractivity contribution >= 4 is 34.2 Å². The minimum absolute atomic E-state index is 0.00846. The van der Waals surface area contributed by atoms with Crippen LogP contribution in [-0.2, 0) is 35.1 Å². The molecule has 2 N–H and O–H groups in total. The topological polar surface area (TPSA) is 114 Å². The van der Waals surface area contributed by atoms with Gasteiger partial charge in [-0.3, -0.25) is 24.1 Å². The van der Waals surface area contributed by atoms with Crippen LogP contribution in [0.25, 0.3) is 10.8 Å². The van der Waals surface area contributed by atoms with E-state index in [1.165, 1.54) is 14.2 Å². The number of nitrogens with zero attached hydrogens (tertiary/aromatic N) is 1. The highest BCUT2D eigenvalue weighted by Crippen LogP contribution is 2.20. The van der Waals surface area contributed by atoms with Crippen LogP contribution in [0.5, 0.6) is 0 Å². The highest BCUT2D eigenvalue weighted by molar-refractivity contribution is 5.94. The molecule has 1 aliphatic heterocycles. The van der Waals surface area contributed by atoms with Crippen molar-refractivity contribution in [3.8, 4) is 0 Å². The number of hydrogen-bond donors (Lipinski definition) is 2. The Morgan fingerprint density at radius 3 is 2.49 bits per heavy atom. The van der Waals surface area contributed by atoms with E-state index in [9.17, 15) is 19.2 Å². The normalized spacial score (nSPS) is 15.6. The fourth-order valence-electron chi connectivity index (χ4n) is 4.55. The molecule has 0 bridgehead atoms. The average molecular weight is 512 g/mol. The number of ether oxygens (including phenoxy) is 2. The molecule has 0 unspecified atom stereocenters. The fourth-order valence-corrected chi connectivity index (χ4v) is 4.55. The summed E-state index contributed by atoms with van der Waals surface area (Å²) in [4.78, 5) is 53.1. The smallest absolute Gasteiger partial charge is 0.224 e. The second-order valence-electron chi connectivity index (χ2n) is 9.33. The Labute approximate surface area is 217 Å². The van der Waals surface area contributed by atoms with Crippen molar-refractivity contribution in [3.63, 3.8) is 0 Å². The van der Waals surface area contributed by atoms with Crippen LogP contribution in [0.15, 0.2) is 42.5 Å². The Morgan fingerprint density at radius 2 is 1.76 bits per heavy atom. The third-order valence-electron chi connectivity index (χ3n) is 6.62. The summed E-state index contributed by atoms with van der Waals surface area (Å²) in [6, 6.07) is 13.1. The van der Waals surface area contributed by atoms with Crippen LogP contribution >= 0.6 is 0 Å².